The molecule has 27 heavy (non-hydrogen) atoms. The maximum atomic E-state index is 12.9. The normalized spacial score (nSPS) is 33.7. The fourth-order valence-electron chi connectivity index (χ4n) is 7.07. The monoisotopic (exact) mass is 369 g/mol. The lowest BCUT2D eigenvalue weighted by molar-refractivity contribution is -0.718. The number of aryl methyl sites for hydroxylation is 3. The van der Waals surface area contributed by atoms with Gasteiger partial charge in [-0.2, -0.15) is 0 Å². The number of hydrogen-bond donors (Lipinski definition) is 2. The highest BCUT2D eigenvalue weighted by Crippen LogP contribution is 2.60. The average molecular weight is 370 g/mol. The lowest BCUT2D eigenvalue weighted by Crippen LogP contribution is -2.98. The molecule has 0 heterocycles. The maximum absolute atomic E-state index is 12.9. The highest BCUT2D eigenvalue weighted by atomic mass is 16.2. The molecule has 4 saturated carbocycles. The van der Waals surface area contributed by atoms with E-state index < -0.39 is 0 Å². The number of benzene rings is 1. The minimum absolute atomic E-state index is 0.0480. The van der Waals surface area contributed by atoms with Gasteiger partial charge in [-0.15, -0.1) is 0 Å². The second-order valence-electron chi connectivity index (χ2n) is 10.3. The molecule has 0 radical (unpaired) electrons. The van der Waals surface area contributed by atoms with Gasteiger partial charge in [0, 0.05) is 11.1 Å². The first-order valence-electron chi connectivity index (χ1n) is 11.0. The number of quaternary nitrogens is 1. The van der Waals surface area contributed by atoms with Crippen LogP contribution in [0, 0.1) is 43.9 Å². The van der Waals surface area contributed by atoms with Gasteiger partial charge in [0.15, 0.2) is 6.04 Å². The van der Waals surface area contributed by atoms with E-state index in [2.05, 4.69) is 57.4 Å². The van der Waals surface area contributed by atoms with Gasteiger partial charge in [0.25, 0.3) is 5.91 Å². The van der Waals surface area contributed by atoms with Crippen molar-refractivity contribution in [3.05, 3.63) is 28.8 Å². The largest absolute Gasteiger partial charge is 0.334 e. The highest BCUT2D eigenvalue weighted by Gasteiger charge is 2.54. The first-order chi connectivity index (χ1) is 12.8. The topological polar surface area (TPSA) is 45.7 Å². The van der Waals surface area contributed by atoms with E-state index in [-0.39, 0.29) is 11.9 Å². The first kappa shape index (κ1) is 19.0. The van der Waals surface area contributed by atoms with Crippen LogP contribution in [0.4, 0.5) is 5.69 Å². The third-order valence-corrected chi connectivity index (χ3v) is 7.97. The Labute approximate surface area is 164 Å². The van der Waals surface area contributed by atoms with E-state index in [0.29, 0.717) is 11.5 Å². The quantitative estimate of drug-likeness (QED) is 0.806. The van der Waals surface area contributed by atoms with Crippen molar-refractivity contribution in [3.63, 3.8) is 0 Å². The van der Waals surface area contributed by atoms with E-state index in [1.54, 1.807) is 0 Å². The van der Waals surface area contributed by atoms with Gasteiger partial charge in [0.2, 0.25) is 0 Å². The molecule has 3 nitrogen and oxygen atoms in total. The van der Waals surface area contributed by atoms with Gasteiger partial charge in [0.05, 0.1) is 6.04 Å². The molecule has 3 heteroatoms. The third-order valence-electron chi connectivity index (χ3n) is 7.97. The van der Waals surface area contributed by atoms with E-state index in [1.807, 2.05) is 0 Å². The van der Waals surface area contributed by atoms with Crippen LogP contribution in [0.15, 0.2) is 12.1 Å². The summed E-state index contributed by atoms with van der Waals surface area (Å²) in [5.41, 5.74) is 5.04. The fourth-order valence-corrected chi connectivity index (χ4v) is 7.07. The molecule has 4 fully saturated rings. The summed E-state index contributed by atoms with van der Waals surface area (Å²) in [5.74, 6) is 3.04. The van der Waals surface area contributed by atoms with Gasteiger partial charge < -0.3 is 10.6 Å². The molecular formula is C24H37N2O+. The van der Waals surface area contributed by atoms with Crippen LogP contribution in [-0.4, -0.2) is 18.0 Å². The van der Waals surface area contributed by atoms with E-state index in [1.165, 1.54) is 44.1 Å². The molecule has 4 bridgehead atoms. The molecule has 2 atom stereocenters. The van der Waals surface area contributed by atoms with Crippen molar-refractivity contribution in [1.29, 1.82) is 0 Å². The molecule has 1 aromatic rings. The fraction of sp³-hybridized carbons (Fsp3) is 0.708. The lowest BCUT2D eigenvalue weighted by atomic mass is 9.48. The molecule has 0 saturated heterocycles. The Morgan fingerprint density at radius 3 is 1.96 bits per heavy atom. The van der Waals surface area contributed by atoms with Crippen molar-refractivity contribution >= 4 is 11.6 Å². The number of carbonyl (C=O) groups is 1. The SMILES string of the molecule is Cc1cc(C)c(NC(=O)[C@H](C)[NH2+][C@H](C)C23CC4CC(CC(C4)C2)C3)c(C)c1. The molecule has 1 aromatic carbocycles. The molecule has 3 N–H and O–H groups in total. The summed E-state index contributed by atoms with van der Waals surface area (Å²) < 4.78 is 0. The van der Waals surface area contributed by atoms with Crippen LogP contribution in [0.5, 0.6) is 0 Å². The smallest absolute Gasteiger partial charge is 0.282 e. The van der Waals surface area contributed by atoms with Crippen LogP contribution in [-0.2, 0) is 4.79 Å². The summed E-state index contributed by atoms with van der Waals surface area (Å²) in [7, 11) is 0. The van der Waals surface area contributed by atoms with Crippen molar-refractivity contribution < 1.29 is 10.1 Å². The average Bonchev–Trinajstić information content (AvgIpc) is 2.56. The van der Waals surface area contributed by atoms with Gasteiger partial charge in [0.1, 0.15) is 0 Å². The third kappa shape index (κ3) is 3.55. The minimum Gasteiger partial charge on any atom is -0.334 e. The van der Waals surface area contributed by atoms with Crippen molar-refractivity contribution in [2.45, 2.75) is 85.2 Å². The minimum atomic E-state index is -0.0480. The summed E-state index contributed by atoms with van der Waals surface area (Å²) in [6.45, 7) is 10.7. The van der Waals surface area contributed by atoms with Crippen LogP contribution >= 0.6 is 0 Å². The Balaban J connectivity index is 1.42. The van der Waals surface area contributed by atoms with E-state index >= 15 is 0 Å². The number of anilines is 1. The van der Waals surface area contributed by atoms with Crippen LogP contribution in [0.25, 0.3) is 0 Å². The number of rotatable bonds is 5. The van der Waals surface area contributed by atoms with Crippen molar-refractivity contribution in [1.82, 2.24) is 0 Å². The first-order valence-corrected chi connectivity index (χ1v) is 11.0. The summed E-state index contributed by atoms with van der Waals surface area (Å²) in [6.07, 6.45) is 8.65. The van der Waals surface area contributed by atoms with Crippen LogP contribution < -0.4 is 10.6 Å². The molecule has 148 valence electrons. The second-order valence-corrected chi connectivity index (χ2v) is 10.3. The Hall–Kier alpha value is -1.35. The zero-order valence-corrected chi connectivity index (χ0v) is 17.8. The van der Waals surface area contributed by atoms with E-state index in [4.69, 9.17) is 0 Å². The molecule has 4 aliphatic carbocycles. The predicted octanol–water partition coefficient (Wildman–Crippen LogP) is 4.11. The number of nitrogens with one attached hydrogen (secondary N) is 1. The summed E-state index contributed by atoms with van der Waals surface area (Å²) in [5, 5.41) is 5.58. The van der Waals surface area contributed by atoms with Crippen molar-refractivity contribution in [3.8, 4) is 0 Å². The summed E-state index contributed by atoms with van der Waals surface area (Å²) in [4.78, 5) is 12.9. The second kappa shape index (κ2) is 6.92. The molecule has 4 aliphatic rings. The van der Waals surface area contributed by atoms with Gasteiger partial charge in [-0.1, -0.05) is 17.7 Å². The van der Waals surface area contributed by atoms with Gasteiger partial charge in [-0.25, -0.2) is 0 Å². The van der Waals surface area contributed by atoms with Gasteiger partial charge >= 0.3 is 0 Å². The molecule has 0 aromatic heterocycles. The van der Waals surface area contributed by atoms with Crippen molar-refractivity contribution in [2.24, 2.45) is 23.2 Å². The van der Waals surface area contributed by atoms with Gasteiger partial charge in [-0.3, -0.25) is 4.79 Å². The Kier molecular flexibility index (Phi) is 4.86. The number of amides is 1. The maximum Gasteiger partial charge on any atom is 0.282 e. The highest BCUT2D eigenvalue weighted by molar-refractivity contribution is 5.95. The zero-order valence-electron chi connectivity index (χ0n) is 17.8. The molecule has 0 aliphatic heterocycles. The summed E-state index contributed by atoms with van der Waals surface area (Å²) in [6, 6.07) is 4.78. The zero-order chi connectivity index (χ0) is 19.3. The lowest BCUT2D eigenvalue weighted by Gasteiger charge is -2.58. The molecule has 1 amide bonds. The molecule has 5 rings (SSSR count). The Morgan fingerprint density at radius 2 is 1.48 bits per heavy atom. The molecule has 0 unspecified atom stereocenters. The standard InChI is InChI=1S/C24H36N2O/c1-14-6-15(2)22(16(3)7-14)26-23(27)17(4)25-18(5)24-11-19-8-20(12-24)10-21(9-19)13-24/h6-7,17-21,25H,8-13H2,1-5H3,(H,26,27)/p+1/t17-,18+,19?,20?,21?,24?/m0/s1. The van der Waals surface area contributed by atoms with E-state index in [0.717, 1.165) is 34.6 Å². The van der Waals surface area contributed by atoms with Crippen LogP contribution in [0.1, 0.15) is 69.1 Å². The number of carbonyl (C=O) groups excluding carboxylic acids is 1. The van der Waals surface area contributed by atoms with Crippen LogP contribution in [0.2, 0.25) is 0 Å². The van der Waals surface area contributed by atoms with Crippen LogP contribution in [0.3, 0.4) is 0 Å². The molecule has 0 spiro atoms. The van der Waals surface area contributed by atoms with E-state index in [9.17, 15) is 4.79 Å². The molecular weight excluding hydrogens is 332 g/mol. The number of nitrogens with two attached hydrogens (primary N) is 1. The van der Waals surface area contributed by atoms with Gasteiger partial charge in [-0.05, 0) is 102 Å². The van der Waals surface area contributed by atoms with Crippen molar-refractivity contribution in [2.75, 3.05) is 5.32 Å². The Morgan fingerprint density at radius 1 is 1.00 bits per heavy atom. The summed E-state index contributed by atoms with van der Waals surface area (Å²) >= 11 is 0. The predicted molar refractivity (Wildman–Crippen MR) is 111 cm³/mol. The number of hydrogen-bond acceptors (Lipinski definition) is 1. The Bertz CT molecular complexity index is 680.